The lowest BCUT2D eigenvalue weighted by Gasteiger charge is -2.13. The molecule has 0 spiro atoms. The Morgan fingerprint density at radius 3 is 2.64 bits per heavy atom. The summed E-state index contributed by atoms with van der Waals surface area (Å²) < 4.78 is 10.8. The van der Waals surface area contributed by atoms with Crippen molar-refractivity contribution in [2.75, 3.05) is 19.0 Å². The number of unbranched alkanes of at least 4 members (excludes halogenated alkanes) is 1. The van der Waals surface area contributed by atoms with E-state index in [0.717, 1.165) is 24.2 Å². The van der Waals surface area contributed by atoms with Gasteiger partial charge in [0.25, 0.3) is 0 Å². The molecule has 0 fully saturated rings. The van der Waals surface area contributed by atoms with Gasteiger partial charge < -0.3 is 14.8 Å². The number of methoxy groups -OCH3 is 1. The molecule has 0 heterocycles. The van der Waals surface area contributed by atoms with Gasteiger partial charge in [-0.2, -0.15) is 0 Å². The molecule has 4 nitrogen and oxygen atoms in total. The first-order chi connectivity index (χ1) is 12.1. The van der Waals surface area contributed by atoms with Crippen molar-refractivity contribution in [3.05, 3.63) is 59.1 Å². The molecule has 1 amide bonds. The SMILES string of the molecule is CCCCOc1cccc(Cl)c1NC(=O)/C=C/c1ccc(OC)cc1. The van der Waals surface area contributed by atoms with Crippen LogP contribution in [0.25, 0.3) is 6.08 Å². The summed E-state index contributed by atoms with van der Waals surface area (Å²) in [7, 11) is 1.61. The molecular weight excluding hydrogens is 338 g/mol. The van der Waals surface area contributed by atoms with E-state index in [4.69, 9.17) is 21.1 Å². The molecule has 0 atom stereocenters. The van der Waals surface area contributed by atoms with Crippen LogP contribution in [0.3, 0.4) is 0 Å². The Kier molecular flexibility index (Phi) is 7.36. The smallest absolute Gasteiger partial charge is 0.248 e. The van der Waals surface area contributed by atoms with Crippen LogP contribution in [0.2, 0.25) is 5.02 Å². The highest BCUT2D eigenvalue weighted by atomic mass is 35.5. The van der Waals surface area contributed by atoms with Gasteiger partial charge in [-0.05, 0) is 42.3 Å². The summed E-state index contributed by atoms with van der Waals surface area (Å²) in [6.07, 6.45) is 5.16. The van der Waals surface area contributed by atoms with Crippen LogP contribution in [0.15, 0.2) is 48.5 Å². The molecule has 0 aliphatic carbocycles. The second-order valence-electron chi connectivity index (χ2n) is 5.41. The van der Waals surface area contributed by atoms with Crippen molar-refractivity contribution < 1.29 is 14.3 Å². The molecule has 0 unspecified atom stereocenters. The second kappa shape index (κ2) is 9.74. The van der Waals surface area contributed by atoms with Crippen LogP contribution in [0, 0.1) is 0 Å². The van der Waals surface area contributed by atoms with E-state index in [0.29, 0.717) is 23.1 Å². The third-order valence-electron chi connectivity index (χ3n) is 3.52. The van der Waals surface area contributed by atoms with Crippen LogP contribution in [0.1, 0.15) is 25.3 Å². The van der Waals surface area contributed by atoms with Gasteiger partial charge in [0.15, 0.2) is 0 Å². The van der Waals surface area contributed by atoms with E-state index >= 15 is 0 Å². The number of nitrogens with one attached hydrogen (secondary N) is 1. The minimum Gasteiger partial charge on any atom is -0.497 e. The molecular formula is C20H22ClNO3. The zero-order chi connectivity index (χ0) is 18.1. The van der Waals surface area contributed by atoms with Crippen molar-refractivity contribution in [2.24, 2.45) is 0 Å². The molecule has 0 radical (unpaired) electrons. The summed E-state index contributed by atoms with van der Waals surface area (Å²) >= 11 is 6.20. The van der Waals surface area contributed by atoms with E-state index in [1.54, 1.807) is 31.4 Å². The number of para-hydroxylation sites is 1. The van der Waals surface area contributed by atoms with Gasteiger partial charge >= 0.3 is 0 Å². The number of ether oxygens (including phenoxy) is 2. The number of carbonyl (C=O) groups is 1. The number of benzene rings is 2. The van der Waals surface area contributed by atoms with Crippen LogP contribution in [-0.2, 0) is 4.79 Å². The van der Waals surface area contributed by atoms with Gasteiger partial charge in [-0.25, -0.2) is 0 Å². The fourth-order valence-corrected chi connectivity index (χ4v) is 2.34. The second-order valence-corrected chi connectivity index (χ2v) is 5.82. The van der Waals surface area contributed by atoms with Crippen LogP contribution in [0.4, 0.5) is 5.69 Å². The van der Waals surface area contributed by atoms with Crippen molar-refractivity contribution in [3.63, 3.8) is 0 Å². The highest BCUT2D eigenvalue weighted by molar-refractivity contribution is 6.34. The van der Waals surface area contributed by atoms with Gasteiger partial charge in [-0.15, -0.1) is 0 Å². The Balaban J connectivity index is 2.04. The summed E-state index contributed by atoms with van der Waals surface area (Å²) in [5, 5.41) is 3.24. The summed E-state index contributed by atoms with van der Waals surface area (Å²) in [5.41, 5.74) is 1.39. The summed E-state index contributed by atoms with van der Waals surface area (Å²) in [5.74, 6) is 1.07. The van der Waals surface area contributed by atoms with Gasteiger partial charge in [0.05, 0.1) is 18.7 Å². The standard InChI is InChI=1S/C20H22ClNO3/c1-3-4-14-25-18-7-5-6-17(21)20(18)22-19(23)13-10-15-8-11-16(24-2)12-9-15/h5-13H,3-4,14H2,1-2H3,(H,22,23)/b13-10+. The minimum atomic E-state index is -0.274. The molecule has 0 aliphatic heterocycles. The van der Waals surface area contributed by atoms with Gasteiger partial charge in [-0.3, -0.25) is 4.79 Å². The number of anilines is 1. The van der Waals surface area contributed by atoms with Crippen LogP contribution in [0.5, 0.6) is 11.5 Å². The average molecular weight is 360 g/mol. The number of hydrogen-bond acceptors (Lipinski definition) is 3. The molecule has 0 aliphatic rings. The lowest BCUT2D eigenvalue weighted by atomic mass is 10.2. The zero-order valence-corrected chi connectivity index (χ0v) is 15.2. The molecule has 0 bridgehead atoms. The first kappa shape index (κ1) is 18.9. The molecule has 1 N–H and O–H groups in total. The van der Waals surface area contributed by atoms with E-state index < -0.39 is 0 Å². The van der Waals surface area contributed by atoms with Crippen LogP contribution >= 0.6 is 11.6 Å². The number of amides is 1. The maximum atomic E-state index is 12.2. The van der Waals surface area contributed by atoms with Crippen molar-refractivity contribution >= 4 is 29.3 Å². The Bertz CT molecular complexity index is 726. The Labute approximate surface area is 153 Å². The summed E-state index contributed by atoms with van der Waals surface area (Å²) in [4.78, 5) is 12.2. The van der Waals surface area contributed by atoms with Crippen LogP contribution < -0.4 is 14.8 Å². The van der Waals surface area contributed by atoms with Crippen molar-refractivity contribution in [1.82, 2.24) is 0 Å². The number of rotatable bonds is 8. The zero-order valence-electron chi connectivity index (χ0n) is 14.4. The first-order valence-corrected chi connectivity index (χ1v) is 8.56. The molecule has 2 aromatic rings. The largest absolute Gasteiger partial charge is 0.497 e. The molecule has 5 heteroatoms. The maximum absolute atomic E-state index is 12.2. The predicted octanol–water partition coefficient (Wildman–Crippen LogP) is 5.18. The molecule has 0 saturated carbocycles. The topological polar surface area (TPSA) is 47.6 Å². The van der Waals surface area contributed by atoms with Gasteiger partial charge in [-0.1, -0.05) is 43.1 Å². The average Bonchev–Trinajstić information content (AvgIpc) is 2.63. The van der Waals surface area contributed by atoms with E-state index in [-0.39, 0.29) is 5.91 Å². The Hall–Kier alpha value is -2.46. The fourth-order valence-electron chi connectivity index (χ4n) is 2.12. The number of hydrogen-bond donors (Lipinski definition) is 1. The molecule has 2 rings (SSSR count). The van der Waals surface area contributed by atoms with Crippen molar-refractivity contribution in [2.45, 2.75) is 19.8 Å². The number of carbonyl (C=O) groups excluding carboxylic acids is 1. The van der Waals surface area contributed by atoms with E-state index in [1.165, 1.54) is 6.08 Å². The normalized spacial score (nSPS) is 10.7. The molecule has 2 aromatic carbocycles. The van der Waals surface area contributed by atoms with Crippen molar-refractivity contribution in [1.29, 1.82) is 0 Å². The maximum Gasteiger partial charge on any atom is 0.248 e. The van der Waals surface area contributed by atoms with Crippen LogP contribution in [-0.4, -0.2) is 19.6 Å². The third kappa shape index (κ3) is 5.84. The van der Waals surface area contributed by atoms with Gasteiger partial charge in [0.1, 0.15) is 17.2 Å². The third-order valence-corrected chi connectivity index (χ3v) is 3.84. The highest BCUT2D eigenvalue weighted by Gasteiger charge is 2.10. The predicted molar refractivity (Wildman–Crippen MR) is 103 cm³/mol. The lowest BCUT2D eigenvalue weighted by molar-refractivity contribution is -0.111. The number of halogens is 1. The Morgan fingerprint density at radius 1 is 1.20 bits per heavy atom. The highest BCUT2D eigenvalue weighted by Crippen LogP contribution is 2.32. The molecule has 0 saturated heterocycles. The van der Waals surface area contributed by atoms with Crippen molar-refractivity contribution in [3.8, 4) is 11.5 Å². The quantitative estimate of drug-likeness (QED) is 0.522. The summed E-state index contributed by atoms with van der Waals surface area (Å²) in [6.45, 7) is 2.68. The van der Waals surface area contributed by atoms with E-state index in [1.807, 2.05) is 24.3 Å². The lowest BCUT2D eigenvalue weighted by Crippen LogP contribution is -2.10. The van der Waals surface area contributed by atoms with Gasteiger partial charge in [0.2, 0.25) is 5.91 Å². The van der Waals surface area contributed by atoms with E-state index in [9.17, 15) is 4.79 Å². The fraction of sp³-hybridized carbons (Fsp3) is 0.250. The molecule has 25 heavy (non-hydrogen) atoms. The minimum absolute atomic E-state index is 0.274. The summed E-state index contributed by atoms with van der Waals surface area (Å²) in [6, 6.07) is 12.7. The monoisotopic (exact) mass is 359 g/mol. The molecule has 132 valence electrons. The molecule has 0 aromatic heterocycles. The Morgan fingerprint density at radius 2 is 1.96 bits per heavy atom. The first-order valence-electron chi connectivity index (χ1n) is 8.18. The van der Waals surface area contributed by atoms with Gasteiger partial charge in [0, 0.05) is 6.08 Å². The van der Waals surface area contributed by atoms with E-state index in [2.05, 4.69) is 12.2 Å².